The van der Waals surface area contributed by atoms with Crippen molar-refractivity contribution in [2.24, 2.45) is 0 Å². The second kappa shape index (κ2) is 5.64. The first-order valence-electron chi connectivity index (χ1n) is 5.84. The van der Waals surface area contributed by atoms with E-state index in [-0.39, 0.29) is 0 Å². The number of anilines is 1. The first kappa shape index (κ1) is 11.9. The normalized spacial score (nSPS) is 10.2. The van der Waals surface area contributed by atoms with Crippen LogP contribution in [0.15, 0.2) is 42.5 Å². The monoisotopic (exact) mass is 244 g/mol. The number of fused-ring (bicyclic) bond motifs is 1. The molecule has 0 unspecified atom stereocenters. The van der Waals surface area contributed by atoms with Crippen molar-refractivity contribution in [3.05, 3.63) is 42.5 Å². The van der Waals surface area contributed by atoms with Gasteiger partial charge in [-0.3, -0.25) is 0 Å². The molecule has 0 aliphatic heterocycles. The molecule has 0 atom stereocenters. The van der Waals surface area contributed by atoms with E-state index in [1.54, 1.807) is 0 Å². The molecule has 2 N–H and O–H groups in total. The third kappa shape index (κ3) is 2.94. The molecule has 2 aromatic carbocycles. The van der Waals surface area contributed by atoms with Crippen LogP contribution in [-0.2, 0) is 0 Å². The summed E-state index contributed by atoms with van der Waals surface area (Å²) in [4.78, 5) is 0. The number of hydrogen-bond acceptors (Lipinski definition) is 1. The van der Waals surface area contributed by atoms with E-state index in [4.69, 9.17) is 12.2 Å². The predicted molar refractivity (Wildman–Crippen MR) is 78.5 cm³/mol. The fourth-order valence-electron chi connectivity index (χ4n) is 1.74. The third-order valence-electron chi connectivity index (χ3n) is 2.57. The molecule has 2 rings (SSSR count). The average Bonchev–Trinajstić information content (AvgIpc) is 2.37. The minimum atomic E-state index is 0.684. The molecular formula is C14H16N2S. The van der Waals surface area contributed by atoms with E-state index >= 15 is 0 Å². The summed E-state index contributed by atoms with van der Waals surface area (Å²) >= 11 is 5.24. The van der Waals surface area contributed by atoms with Gasteiger partial charge in [-0.25, -0.2) is 0 Å². The lowest BCUT2D eigenvalue weighted by Crippen LogP contribution is -2.28. The van der Waals surface area contributed by atoms with Crippen LogP contribution in [0.3, 0.4) is 0 Å². The van der Waals surface area contributed by atoms with E-state index in [0.717, 1.165) is 18.7 Å². The zero-order valence-corrected chi connectivity index (χ0v) is 10.7. The maximum Gasteiger partial charge on any atom is 0.170 e. The highest BCUT2D eigenvalue weighted by Gasteiger charge is 2.01. The minimum Gasteiger partial charge on any atom is -0.362 e. The Bertz CT molecular complexity index is 517. The van der Waals surface area contributed by atoms with Crippen molar-refractivity contribution < 1.29 is 0 Å². The van der Waals surface area contributed by atoms with Crippen molar-refractivity contribution in [3.8, 4) is 0 Å². The highest BCUT2D eigenvalue weighted by Crippen LogP contribution is 2.22. The molecule has 17 heavy (non-hydrogen) atoms. The second-order valence-electron chi connectivity index (χ2n) is 3.91. The van der Waals surface area contributed by atoms with Crippen molar-refractivity contribution in [1.82, 2.24) is 5.32 Å². The Morgan fingerprint density at radius 3 is 2.71 bits per heavy atom. The van der Waals surface area contributed by atoms with E-state index < -0.39 is 0 Å². The van der Waals surface area contributed by atoms with Gasteiger partial charge in [0.25, 0.3) is 0 Å². The third-order valence-corrected chi connectivity index (χ3v) is 2.82. The molecule has 3 heteroatoms. The number of rotatable bonds is 3. The van der Waals surface area contributed by atoms with Crippen molar-refractivity contribution in [2.75, 3.05) is 11.9 Å². The van der Waals surface area contributed by atoms with E-state index in [0.29, 0.717) is 5.11 Å². The highest BCUT2D eigenvalue weighted by molar-refractivity contribution is 7.80. The van der Waals surface area contributed by atoms with Crippen LogP contribution in [0.25, 0.3) is 10.8 Å². The largest absolute Gasteiger partial charge is 0.362 e. The smallest absolute Gasteiger partial charge is 0.170 e. The molecule has 0 saturated carbocycles. The SMILES string of the molecule is CCCNC(=S)Nc1cccc2ccccc12. The van der Waals surface area contributed by atoms with Crippen LogP contribution in [0.4, 0.5) is 5.69 Å². The summed E-state index contributed by atoms with van der Waals surface area (Å²) in [6.07, 6.45) is 1.07. The van der Waals surface area contributed by atoms with Gasteiger partial charge in [0.1, 0.15) is 0 Å². The van der Waals surface area contributed by atoms with Crippen LogP contribution in [0.2, 0.25) is 0 Å². The van der Waals surface area contributed by atoms with Crippen molar-refractivity contribution in [1.29, 1.82) is 0 Å². The minimum absolute atomic E-state index is 0.684. The summed E-state index contributed by atoms with van der Waals surface area (Å²) in [5, 5.41) is 9.50. The van der Waals surface area contributed by atoms with Gasteiger partial charge in [-0.2, -0.15) is 0 Å². The predicted octanol–water partition coefficient (Wildman–Crippen LogP) is 3.54. The number of benzene rings is 2. The molecule has 0 radical (unpaired) electrons. The molecule has 0 saturated heterocycles. The Morgan fingerprint density at radius 2 is 1.88 bits per heavy atom. The number of hydrogen-bond donors (Lipinski definition) is 2. The van der Waals surface area contributed by atoms with Crippen LogP contribution >= 0.6 is 12.2 Å². The summed E-state index contributed by atoms with van der Waals surface area (Å²) in [6, 6.07) is 14.5. The molecule has 2 aromatic rings. The fourth-order valence-corrected chi connectivity index (χ4v) is 1.95. The molecule has 0 aromatic heterocycles. The molecule has 0 amide bonds. The Kier molecular flexibility index (Phi) is 3.94. The maximum absolute atomic E-state index is 5.24. The van der Waals surface area contributed by atoms with E-state index in [1.165, 1.54) is 10.8 Å². The van der Waals surface area contributed by atoms with Gasteiger partial charge in [0.05, 0.1) is 0 Å². The van der Waals surface area contributed by atoms with Crippen LogP contribution in [0.5, 0.6) is 0 Å². The summed E-state index contributed by atoms with van der Waals surface area (Å²) in [5.41, 5.74) is 1.05. The van der Waals surface area contributed by atoms with Crippen molar-refractivity contribution in [3.63, 3.8) is 0 Å². The molecule has 88 valence electrons. The summed E-state index contributed by atoms with van der Waals surface area (Å²) < 4.78 is 0. The van der Waals surface area contributed by atoms with E-state index in [2.05, 4.69) is 35.8 Å². The van der Waals surface area contributed by atoms with Gasteiger partial charge in [0.2, 0.25) is 0 Å². The van der Waals surface area contributed by atoms with Gasteiger partial charge in [-0.1, -0.05) is 43.3 Å². The fraction of sp³-hybridized carbons (Fsp3) is 0.214. The Hall–Kier alpha value is -1.61. The van der Waals surface area contributed by atoms with Gasteiger partial charge in [0, 0.05) is 17.6 Å². The average molecular weight is 244 g/mol. The van der Waals surface area contributed by atoms with Crippen molar-refractivity contribution in [2.45, 2.75) is 13.3 Å². The first-order valence-corrected chi connectivity index (χ1v) is 6.24. The first-order chi connectivity index (χ1) is 8.31. The zero-order valence-electron chi connectivity index (χ0n) is 9.86. The van der Waals surface area contributed by atoms with Gasteiger partial charge in [-0.05, 0) is 30.1 Å². The lowest BCUT2D eigenvalue weighted by Gasteiger charge is -2.11. The summed E-state index contributed by atoms with van der Waals surface area (Å²) in [5.74, 6) is 0. The molecule has 0 heterocycles. The molecule has 0 spiro atoms. The Balaban J connectivity index is 2.21. The standard InChI is InChI=1S/C14H16N2S/c1-2-10-15-14(17)16-13-9-5-7-11-6-3-4-8-12(11)13/h3-9H,2,10H2,1H3,(H2,15,16,17). The van der Waals surface area contributed by atoms with Crippen LogP contribution in [0, 0.1) is 0 Å². The summed E-state index contributed by atoms with van der Waals surface area (Å²) in [7, 11) is 0. The second-order valence-corrected chi connectivity index (χ2v) is 4.32. The molecule has 0 aliphatic rings. The van der Waals surface area contributed by atoms with Crippen molar-refractivity contribution >= 4 is 33.8 Å². The van der Waals surface area contributed by atoms with Gasteiger partial charge < -0.3 is 10.6 Å². The van der Waals surface area contributed by atoms with Crippen LogP contribution < -0.4 is 10.6 Å². The molecule has 0 bridgehead atoms. The van der Waals surface area contributed by atoms with Crippen LogP contribution in [-0.4, -0.2) is 11.7 Å². The lowest BCUT2D eigenvalue weighted by molar-refractivity contribution is 0.847. The number of thiocarbonyl (C=S) groups is 1. The quantitative estimate of drug-likeness (QED) is 0.808. The Morgan fingerprint density at radius 1 is 1.12 bits per heavy atom. The molecule has 0 fully saturated rings. The van der Waals surface area contributed by atoms with Gasteiger partial charge >= 0.3 is 0 Å². The van der Waals surface area contributed by atoms with E-state index in [9.17, 15) is 0 Å². The topological polar surface area (TPSA) is 24.1 Å². The zero-order chi connectivity index (χ0) is 12.1. The van der Waals surface area contributed by atoms with Gasteiger partial charge in [0.15, 0.2) is 5.11 Å². The highest BCUT2D eigenvalue weighted by atomic mass is 32.1. The van der Waals surface area contributed by atoms with Gasteiger partial charge in [-0.15, -0.1) is 0 Å². The lowest BCUT2D eigenvalue weighted by atomic mass is 10.1. The summed E-state index contributed by atoms with van der Waals surface area (Å²) in [6.45, 7) is 3.02. The molecular weight excluding hydrogens is 228 g/mol. The molecule has 0 aliphatic carbocycles. The Labute approximate surface area is 107 Å². The molecule has 2 nitrogen and oxygen atoms in total. The van der Waals surface area contributed by atoms with E-state index in [1.807, 2.05) is 24.3 Å². The maximum atomic E-state index is 5.24. The van der Waals surface area contributed by atoms with Crippen LogP contribution in [0.1, 0.15) is 13.3 Å². The number of nitrogens with one attached hydrogen (secondary N) is 2.